The fourth-order valence-electron chi connectivity index (χ4n) is 3.15. The zero-order chi connectivity index (χ0) is 13.4. The van der Waals surface area contributed by atoms with E-state index in [1.807, 2.05) is 29.7 Å². The smallest absolute Gasteiger partial charge is 0.305 e. The summed E-state index contributed by atoms with van der Waals surface area (Å²) in [4.78, 5) is 17.7. The first-order valence-corrected chi connectivity index (χ1v) is 7.13. The third kappa shape index (κ3) is 2.10. The number of aromatic amines is 1. The first kappa shape index (κ1) is 12.5. The fraction of sp³-hybridized carbons (Fsp3) is 0.533. The first-order chi connectivity index (χ1) is 9.20. The van der Waals surface area contributed by atoms with Crippen LogP contribution >= 0.6 is 0 Å². The third-order valence-electron chi connectivity index (χ3n) is 4.33. The largest absolute Gasteiger partial charge is 0.326 e. The summed E-state index contributed by atoms with van der Waals surface area (Å²) in [5, 5.41) is 0. The van der Waals surface area contributed by atoms with Crippen LogP contribution in [0.3, 0.4) is 0 Å². The predicted octanol–water partition coefficient (Wildman–Crippen LogP) is 2.29. The highest BCUT2D eigenvalue weighted by Gasteiger charge is 2.22. The monoisotopic (exact) mass is 259 g/mol. The van der Waals surface area contributed by atoms with Gasteiger partial charge in [-0.1, -0.05) is 19.1 Å². The van der Waals surface area contributed by atoms with E-state index in [1.54, 1.807) is 0 Å². The SMILES string of the molecule is CCN1CCC(n2c(=O)[nH]c3c(C)cccc32)CC1. The van der Waals surface area contributed by atoms with Crippen molar-refractivity contribution in [1.82, 2.24) is 14.5 Å². The molecule has 0 amide bonds. The number of benzene rings is 1. The van der Waals surface area contributed by atoms with Crippen LogP contribution in [-0.4, -0.2) is 34.1 Å². The summed E-state index contributed by atoms with van der Waals surface area (Å²) in [5.41, 5.74) is 3.23. The number of aromatic nitrogens is 2. The minimum atomic E-state index is 0.0410. The summed E-state index contributed by atoms with van der Waals surface area (Å²) in [6.45, 7) is 7.52. The maximum atomic E-state index is 12.2. The molecule has 4 heteroatoms. The molecule has 1 N–H and O–H groups in total. The van der Waals surface area contributed by atoms with E-state index in [0.717, 1.165) is 49.1 Å². The summed E-state index contributed by atoms with van der Waals surface area (Å²) < 4.78 is 1.97. The van der Waals surface area contributed by atoms with E-state index in [1.165, 1.54) is 0 Å². The molecule has 1 fully saturated rings. The average Bonchev–Trinajstić information content (AvgIpc) is 2.77. The predicted molar refractivity (Wildman–Crippen MR) is 77.7 cm³/mol. The van der Waals surface area contributed by atoms with Crippen LogP contribution < -0.4 is 5.69 Å². The summed E-state index contributed by atoms with van der Waals surface area (Å²) >= 11 is 0. The van der Waals surface area contributed by atoms with E-state index < -0.39 is 0 Å². The number of likely N-dealkylation sites (tertiary alicyclic amines) is 1. The third-order valence-corrected chi connectivity index (χ3v) is 4.33. The lowest BCUT2D eigenvalue weighted by atomic mass is 10.0. The molecule has 19 heavy (non-hydrogen) atoms. The minimum absolute atomic E-state index is 0.0410. The molecule has 2 heterocycles. The van der Waals surface area contributed by atoms with E-state index in [-0.39, 0.29) is 5.69 Å². The van der Waals surface area contributed by atoms with Gasteiger partial charge in [0.25, 0.3) is 0 Å². The highest BCUT2D eigenvalue weighted by atomic mass is 16.1. The Morgan fingerprint density at radius 1 is 1.32 bits per heavy atom. The van der Waals surface area contributed by atoms with Crippen molar-refractivity contribution in [2.45, 2.75) is 32.7 Å². The molecule has 0 aliphatic carbocycles. The maximum absolute atomic E-state index is 12.2. The second kappa shape index (κ2) is 4.85. The normalized spacial score (nSPS) is 18.2. The Labute approximate surface area is 113 Å². The van der Waals surface area contributed by atoms with Gasteiger partial charge in [0.05, 0.1) is 11.0 Å². The molecule has 1 saturated heterocycles. The number of H-pyrrole nitrogens is 1. The Hall–Kier alpha value is -1.55. The molecule has 0 bridgehead atoms. The van der Waals surface area contributed by atoms with E-state index in [9.17, 15) is 4.79 Å². The van der Waals surface area contributed by atoms with Gasteiger partial charge in [0.2, 0.25) is 0 Å². The number of para-hydroxylation sites is 1. The second-order valence-corrected chi connectivity index (χ2v) is 5.43. The average molecular weight is 259 g/mol. The van der Waals surface area contributed by atoms with Crippen molar-refractivity contribution in [3.8, 4) is 0 Å². The Kier molecular flexibility index (Phi) is 3.19. The topological polar surface area (TPSA) is 41.0 Å². The van der Waals surface area contributed by atoms with Gasteiger partial charge in [-0.15, -0.1) is 0 Å². The Morgan fingerprint density at radius 3 is 2.74 bits per heavy atom. The summed E-state index contributed by atoms with van der Waals surface area (Å²) in [6.07, 6.45) is 2.13. The Morgan fingerprint density at radius 2 is 2.05 bits per heavy atom. The minimum Gasteiger partial charge on any atom is -0.305 e. The molecule has 0 saturated carbocycles. The first-order valence-electron chi connectivity index (χ1n) is 7.13. The van der Waals surface area contributed by atoms with E-state index in [2.05, 4.69) is 16.8 Å². The second-order valence-electron chi connectivity index (χ2n) is 5.43. The molecule has 0 atom stereocenters. The number of imidazole rings is 1. The van der Waals surface area contributed by atoms with Crippen molar-refractivity contribution in [1.29, 1.82) is 0 Å². The fourth-order valence-corrected chi connectivity index (χ4v) is 3.15. The maximum Gasteiger partial charge on any atom is 0.326 e. The van der Waals surface area contributed by atoms with Gasteiger partial charge in [-0.2, -0.15) is 0 Å². The number of aryl methyl sites for hydroxylation is 1. The van der Waals surface area contributed by atoms with Crippen molar-refractivity contribution in [2.75, 3.05) is 19.6 Å². The Balaban J connectivity index is 1.99. The highest BCUT2D eigenvalue weighted by molar-refractivity contribution is 5.78. The van der Waals surface area contributed by atoms with Crippen LogP contribution in [0.2, 0.25) is 0 Å². The lowest BCUT2D eigenvalue weighted by Crippen LogP contribution is -2.36. The molecule has 3 rings (SSSR count). The van der Waals surface area contributed by atoms with Crippen LogP contribution in [0.1, 0.15) is 31.4 Å². The zero-order valence-corrected chi connectivity index (χ0v) is 11.6. The van der Waals surface area contributed by atoms with Gasteiger partial charge in [0.1, 0.15) is 0 Å². The van der Waals surface area contributed by atoms with Crippen LogP contribution in [0.5, 0.6) is 0 Å². The van der Waals surface area contributed by atoms with Gasteiger partial charge in [-0.25, -0.2) is 4.79 Å². The molecule has 1 aromatic heterocycles. The van der Waals surface area contributed by atoms with Crippen LogP contribution in [0, 0.1) is 6.92 Å². The summed E-state index contributed by atoms with van der Waals surface area (Å²) in [5.74, 6) is 0. The van der Waals surface area contributed by atoms with Gasteiger partial charge < -0.3 is 9.88 Å². The zero-order valence-electron chi connectivity index (χ0n) is 11.6. The number of hydrogen-bond donors (Lipinski definition) is 1. The van der Waals surface area contributed by atoms with Crippen LogP contribution in [0.15, 0.2) is 23.0 Å². The van der Waals surface area contributed by atoms with Crippen LogP contribution in [-0.2, 0) is 0 Å². The molecule has 0 unspecified atom stereocenters. The standard InChI is InChI=1S/C15H21N3O/c1-3-17-9-7-12(8-10-17)18-13-6-4-5-11(2)14(13)16-15(18)19/h4-6,12H,3,7-10H2,1-2H3,(H,16,19). The van der Waals surface area contributed by atoms with Gasteiger partial charge in [0.15, 0.2) is 0 Å². The van der Waals surface area contributed by atoms with Crippen molar-refractivity contribution < 1.29 is 0 Å². The van der Waals surface area contributed by atoms with E-state index in [0.29, 0.717) is 6.04 Å². The van der Waals surface area contributed by atoms with E-state index in [4.69, 9.17) is 0 Å². The van der Waals surface area contributed by atoms with Gasteiger partial charge in [-0.3, -0.25) is 4.57 Å². The molecule has 4 nitrogen and oxygen atoms in total. The number of nitrogens with zero attached hydrogens (tertiary/aromatic N) is 2. The summed E-state index contributed by atoms with van der Waals surface area (Å²) in [6, 6.07) is 6.46. The quantitative estimate of drug-likeness (QED) is 0.899. The van der Waals surface area contributed by atoms with Gasteiger partial charge >= 0.3 is 5.69 Å². The lowest BCUT2D eigenvalue weighted by molar-refractivity contribution is 0.195. The molecular formula is C15H21N3O. The van der Waals surface area contributed by atoms with Crippen molar-refractivity contribution in [2.24, 2.45) is 0 Å². The molecule has 0 spiro atoms. The number of fused-ring (bicyclic) bond motifs is 1. The number of rotatable bonds is 2. The van der Waals surface area contributed by atoms with Crippen molar-refractivity contribution in [3.05, 3.63) is 34.2 Å². The number of piperidine rings is 1. The van der Waals surface area contributed by atoms with Gasteiger partial charge in [-0.05, 0) is 37.9 Å². The molecule has 102 valence electrons. The van der Waals surface area contributed by atoms with Crippen LogP contribution in [0.4, 0.5) is 0 Å². The number of nitrogens with one attached hydrogen (secondary N) is 1. The van der Waals surface area contributed by atoms with Crippen molar-refractivity contribution in [3.63, 3.8) is 0 Å². The molecule has 2 aromatic rings. The number of hydrogen-bond acceptors (Lipinski definition) is 2. The summed E-state index contributed by atoms with van der Waals surface area (Å²) in [7, 11) is 0. The van der Waals surface area contributed by atoms with Crippen LogP contribution in [0.25, 0.3) is 11.0 Å². The molecule has 1 aliphatic rings. The molecular weight excluding hydrogens is 238 g/mol. The van der Waals surface area contributed by atoms with Crippen molar-refractivity contribution >= 4 is 11.0 Å². The lowest BCUT2D eigenvalue weighted by Gasteiger charge is -2.31. The van der Waals surface area contributed by atoms with Gasteiger partial charge in [0, 0.05) is 19.1 Å². The molecule has 0 radical (unpaired) electrons. The molecule has 1 aliphatic heterocycles. The Bertz CT molecular complexity index is 632. The highest BCUT2D eigenvalue weighted by Crippen LogP contribution is 2.25. The molecule has 1 aromatic carbocycles. The van der Waals surface area contributed by atoms with E-state index >= 15 is 0 Å².